The number of aromatic nitrogens is 2. The van der Waals surface area contributed by atoms with Crippen molar-refractivity contribution in [2.75, 3.05) is 0 Å². The summed E-state index contributed by atoms with van der Waals surface area (Å²) in [7, 11) is 0. The van der Waals surface area contributed by atoms with Crippen LogP contribution in [-0.4, -0.2) is 15.7 Å². The Morgan fingerprint density at radius 1 is 1.14 bits per heavy atom. The lowest BCUT2D eigenvalue weighted by molar-refractivity contribution is 0.424. The molecule has 2 rings (SSSR count). The molecule has 1 heterocycles. The van der Waals surface area contributed by atoms with Gasteiger partial charge in [0.25, 0.3) is 0 Å². The average Bonchev–Trinajstić information content (AvgIpc) is 2.84. The van der Waals surface area contributed by atoms with E-state index in [1.807, 2.05) is 6.20 Å². The van der Waals surface area contributed by atoms with Crippen molar-refractivity contribution in [3.05, 3.63) is 41.6 Å². The molecular formula is C18H27N3. The summed E-state index contributed by atoms with van der Waals surface area (Å²) in [6.45, 7) is 11.8. The highest BCUT2D eigenvalue weighted by Gasteiger charge is 2.12. The first-order valence-electron chi connectivity index (χ1n) is 7.72. The van der Waals surface area contributed by atoms with E-state index in [9.17, 15) is 0 Å². The first kappa shape index (κ1) is 15.8. The van der Waals surface area contributed by atoms with Crippen molar-refractivity contribution in [1.82, 2.24) is 15.5 Å². The van der Waals surface area contributed by atoms with Gasteiger partial charge in [-0.25, -0.2) is 0 Å². The normalized spacial score (nSPS) is 12.1. The van der Waals surface area contributed by atoms with Crippen LogP contribution in [0.15, 0.2) is 30.5 Å². The number of nitrogens with zero attached hydrogens (tertiary/aromatic N) is 1. The van der Waals surface area contributed by atoms with Gasteiger partial charge in [0.05, 0.1) is 11.9 Å². The molecule has 0 spiro atoms. The maximum atomic E-state index is 4.20. The van der Waals surface area contributed by atoms with Crippen molar-refractivity contribution < 1.29 is 0 Å². The van der Waals surface area contributed by atoms with Crippen LogP contribution < -0.4 is 5.32 Å². The third-order valence-corrected chi connectivity index (χ3v) is 3.41. The van der Waals surface area contributed by atoms with Crippen molar-refractivity contribution >= 4 is 0 Å². The number of aromatic amines is 1. The molecule has 0 aliphatic heterocycles. The van der Waals surface area contributed by atoms with Gasteiger partial charge in [0.15, 0.2) is 0 Å². The number of nitrogens with one attached hydrogen (secondary N) is 2. The van der Waals surface area contributed by atoms with E-state index in [-0.39, 0.29) is 5.54 Å². The molecule has 0 radical (unpaired) electrons. The first-order chi connectivity index (χ1) is 9.85. The Hall–Kier alpha value is -1.61. The van der Waals surface area contributed by atoms with E-state index >= 15 is 0 Å². The van der Waals surface area contributed by atoms with Gasteiger partial charge >= 0.3 is 0 Å². The molecule has 0 fully saturated rings. The second-order valence-electron chi connectivity index (χ2n) is 7.17. The van der Waals surface area contributed by atoms with Gasteiger partial charge in [0, 0.05) is 17.6 Å². The molecule has 0 unspecified atom stereocenters. The number of H-pyrrole nitrogens is 1. The van der Waals surface area contributed by atoms with Gasteiger partial charge in [-0.05, 0) is 44.2 Å². The predicted molar refractivity (Wildman–Crippen MR) is 89.2 cm³/mol. The van der Waals surface area contributed by atoms with Crippen molar-refractivity contribution in [3.8, 4) is 11.3 Å². The summed E-state index contributed by atoms with van der Waals surface area (Å²) >= 11 is 0. The zero-order chi connectivity index (χ0) is 15.5. The van der Waals surface area contributed by atoms with Gasteiger partial charge in [-0.3, -0.25) is 5.10 Å². The Bertz CT molecular complexity index is 559. The van der Waals surface area contributed by atoms with Gasteiger partial charge < -0.3 is 5.32 Å². The Labute approximate surface area is 128 Å². The van der Waals surface area contributed by atoms with Crippen LogP contribution in [0.1, 0.15) is 45.7 Å². The molecule has 0 saturated heterocycles. The zero-order valence-electron chi connectivity index (χ0n) is 13.8. The zero-order valence-corrected chi connectivity index (χ0v) is 13.8. The molecule has 2 N–H and O–H groups in total. The van der Waals surface area contributed by atoms with Crippen molar-refractivity contribution in [2.45, 2.75) is 53.1 Å². The van der Waals surface area contributed by atoms with Gasteiger partial charge in [0.1, 0.15) is 0 Å². The highest BCUT2D eigenvalue weighted by atomic mass is 15.1. The maximum absolute atomic E-state index is 4.20. The average molecular weight is 285 g/mol. The molecule has 0 atom stereocenters. The van der Waals surface area contributed by atoms with E-state index in [4.69, 9.17) is 0 Å². The monoisotopic (exact) mass is 285 g/mol. The lowest BCUT2D eigenvalue weighted by Gasteiger charge is -2.20. The molecule has 0 aliphatic carbocycles. The number of rotatable bonds is 5. The van der Waals surface area contributed by atoms with Crippen molar-refractivity contribution in [3.63, 3.8) is 0 Å². The number of hydrogen-bond acceptors (Lipinski definition) is 2. The molecule has 0 aliphatic rings. The molecule has 1 aromatic carbocycles. The predicted octanol–water partition coefficient (Wildman–Crippen LogP) is 4.16. The smallest absolute Gasteiger partial charge is 0.0695 e. The van der Waals surface area contributed by atoms with Crippen LogP contribution in [0.5, 0.6) is 0 Å². The van der Waals surface area contributed by atoms with Gasteiger partial charge in [0.2, 0.25) is 0 Å². The number of hydrogen-bond donors (Lipinski definition) is 2. The standard InChI is InChI=1S/C18H27N3/c1-13(2)10-14-6-8-15(9-7-14)17-16(12-20-21-17)11-19-18(3,4)5/h6-9,12-13,19H,10-11H2,1-5H3,(H,20,21). The minimum absolute atomic E-state index is 0.107. The van der Waals surface area contributed by atoms with Gasteiger partial charge in [-0.2, -0.15) is 5.10 Å². The fourth-order valence-corrected chi connectivity index (χ4v) is 2.33. The van der Waals surface area contributed by atoms with Crippen LogP contribution in [0.4, 0.5) is 0 Å². The van der Waals surface area contributed by atoms with E-state index in [0.717, 1.165) is 18.7 Å². The fourth-order valence-electron chi connectivity index (χ4n) is 2.33. The fraction of sp³-hybridized carbons (Fsp3) is 0.500. The molecule has 2 aromatic rings. The summed E-state index contributed by atoms with van der Waals surface area (Å²) in [5.74, 6) is 0.689. The van der Waals surface area contributed by atoms with E-state index < -0.39 is 0 Å². The Balaban J connectivity index is 2.13. The van der Waals surface area contributed by atoms with Crippen molar-refractivity contribution in [2.24, 2.45) is 5.92 Å². The Morgan fingerprint density at radius 2 is 1.81 bits per heavy atom. The first-order valence-corrected chi connectivity index (χ1v) is 7.72. The Kier molecular flexibility index (Phi) is 4.84. The van der Waals surface area contributed by atoms with Crippen LogP contribution in [0.25, 0.3) is 11.3 Å². The quantitative estimate of drug-likeness (QED) is 0.866. The Morgan fingerprint density at radius 3 is 2.38 bits per heavy atom. The highest BCUT2D eigenvalue weighted by Crippen LogP contribution is 2.22. The molecule has 1 aromatic heterocycles. The molecule has 0 amide bonds. The second kappa shape index (κ2) is 6.44. The van der Waals surface area contributed by atoms with Crippen LogP contribution in [0.3, 0.4) is 0 Å². The summed E-state index contributed by atoms with van der Waals surface area (Å²) in [5.41, 5.74) is 5.02. The molecule has 0 bridgehead atoms. The largest absolute Gasteiger partial charge is 0.308 e. The topological polar surface area (TPSA) is 40.7 Å². The molecule has 0 saturated carbocycles. The van der Waals surface area contributed by atoms with Crippen molar-refractivity contribution in [1.29, 1.82) is 0 Å². The highest BCUT2D eigenvalue weighted by molar-refractivity contribution is 5.62. The third-order valence-electron chi connectivity index (χ3n) is 3.41. The van der Waals surface area contributed by atoms with E-state index in [1.54, 1.807) is 0 Å². The number of benzene rings is 1. The van der Waals surface area contributed by atoms with E-state index in [0.29, 0.717) is 5.92 Å². The summed E-state index contributed by atoms with van der Waals surface area (Å²) in [5, 5.41) is 10.8. The van der Waals surface area contributed by atoms with Crippen LogP contribution in [-0.2, 0) is 13.0 Å². The summed E-state index contributed by atoms with van der Waals surface area (Å²) in [4.78, 5) is 0. The minimum atomic E-state index is 0.107. The lowest BCUT2D eigenvalue weighted by Crippen LogP contribution is -2.35. The van der Waals surface area contributed by atoms with Crippen LogP contribution in [0, 0.1) is 5.92 Å². The minimum Gasteiger partial charge on any atom is -0.308 e. The molecular weight excluding hydrogens is 258 g/mol. The van der Waals surface area contributed by atoms with E-state index in [1.165, 1.54) is 16.7 Å². The van der Waals surface area contributed by atoms with Crippen LogP contribution >= 0.6 is 0 Å². The van der Waals surface area contributed by atoms with Crippen LogP contribution in [0.2, 0.25) is 0 Å². The molecule has 3 nitrogen and oxygen atoms in total. The summed E-state index contributed by atoms with van der Waals surface area (Å²) < 4.78 is 0. The van der Waals surface area contributed by atoms with Gasteiger partial charge in [-0.15, -0.1) is 0 Å². The summed E-state index contributed by atoms with van der Waals surface area (Å²) in [6.07, 6.45) is 3.04. The molecule has 3 heteroatoms. The molecule has 21 heavy (non-hydrogen) atoms. The lowest BCUT2D eigenvalue weighted by atomic mass is 10.00. The summed E-state index contributed by atoms with van der Waals surface area (Å²) in [6, 6.07) is 8.81. The van der Waals surface area contributed by atoms with E-state index in [2.05, 4.69) is 74.4 Å². The second-order valence-corrected chi connectivity index (χ2v) is 7.17. The third kappa shape index (κ3) is 4.71. The maximum Gasteiger partial charge on any atom is 0.0695 e. The molecule has 114 valence electrons. The van der Waals surface area contributed by atoms with Gasteiger partial charge in [-0.1, -0.05) is 38.1 Å². The SMILES string of the molecule is CC(C)Cc1ccc(-c2[nH]ncc2CNC(C)(C)C)cc1.